The molecule has 2 aliphatic rings. The van der Waals surface area contributed by atoms with E-state index in [1.807, 2.05) is 0 Å². The number of hydrogen-bond donors (Lipinski definition) is 1. The van der Waals surface area contributed by atoms with Crippen molar-refractivity contribution in [3.8, 4) is 0 Å². The maximum atomic E-state index is 10.4. The first-order valence-corrected chi connectivity index (χ1v) is 9.24. The lowest BCUT2D eigenvalue weighted by Crippen LogP contribution is -2.42. The number of likely N-dealkylation sites (tertiary alicyclic amines) is 1. The zero-order valence-electron chi connectivity index (χ0n) is 14.3. The molecule has 120 valence electrons. The van der Waals surface area contributed by atoms with Crippen LogP contribution >= 0.6 is 0 Å². The van der Waals surface area contributed by atoms with Crippen molar-refractivity contribution >= 4 is 7.85 Å². The summed E-state index contributed by atoms with van der Waals surface area (Å²) in [4.78, 5) is 2.35. The monoisotopic (exact) mass is 291 g/mol. The van der Waals surface area contributed by atoms with E-state index < -0.39 is 0 Å². The van der Waals surface area contributed by atoms with Gasteiger partial charge in [-0.05, 0) is 38.5 Å². The van der Waals surface area contributed by atoms with Crippen LogP contribution < -0.4 is 0 Å². The number of aliphatic hydroxyl groups excluding tert-OH is 1. The van der Waals surface area contributed by atoms with E-state index in [1.165, 1.54) is 44.9 Å². The van der Waals surface area contributed by atoms with E-state index in [1.54, 1.807) is 0 Å². The molecule has 0 spiro atoms. The molecular weight excluding hydrogens is 257 g/mol. The quantitative estimate of drug-likeness (QED) is 0.773. The van der Waals surface area contributed by atoms with Crippen LogP contribution in [0.2, 0.25) is 5.82 Å². The predicted octanol–water partition coefficient (Wildman–Crippen LogP) is 4.13. The van der Waals surface area contributed by atoms with E-state index in [0.717, 1.165) is 18.8 Å². The van der Waals surface area contributed by atoms with Crippen LogP contribution in [0.5, 0.6) is 0 Å². The first kappa shape index (κ1) is 17.3. The van der Waals surface area contributed by atoms with Crippen molar-refractivity contribution in [2.75, 3.05) is 0 Å². The molecule has 1 heterocycles. The normalized spacial score (nSPS) is 40.0. The largest absolute Gasteiger partial charge is 0.378 e. The molecule has 2 rings (SSSR count). The van der Waals surface area contributed by atoms with Crippen molar-refractivity contribution in [3.63, 3.8) is 0 Å². The lowest BCUT2D eigenvalue weighted by atomic mass is 9.72. The Labute approximate surface area is 133 Å². The number of aliphatic hydroxyl groups is 1. The second kappa shape index (κ2) is 8.01. The molecule has 2 nitrogen and oxygen atoms in total. The highest BCUT2D eigenvalue weighted by Crippen LogP contribution is 2.40. The van der Waals surface area contributed by atoms with Crippen LogP contribution in [0.25, 0.3) is 0 Å². The van der Waals surface area contributed by atoms with Gasteiger partial charge in [0, 0.05) is 12.1 Å². The van der Waals surface area contributed by atoms with Crippen molar-refractivity contribution in [2.24, 2.45) is 11.8 Å². The van der Waals surface area contributed by atoms with Gasteiger partial charge in [-0.3, -0.25) is 4.90 Å². The SMILES string of the molecule is [B]C1CC(CC)CCCCCC2C(C1)CC(O)N2C(C)C. The van der Waals surface area contributed by atoms with Crippen molar-refractivity contribution in [2.45, 2.75) is 103 Å². The third-order valence-electron chi connectivity index (χ3n) is 5.81. The fourth-order valence-corrected chi connectivity index (χ4v) is 4.74. The number of fused-ring (bicyclic) bond motifs is 1. The van der Waals surface area contributed by atoms with Gasteiger partial charge in [0.15, 0.2) is 0 Å². The highest BCUT2D eigenvalue weighted by Gasteiger charge is 2.41. The lowest BCUT2D eigenvalue weighted by molar-refractivity contribution is -0.00717. The smallest absolute Gasteiger partial charge is 0.108 e. The maximum Gasteiger partial charge on any atom is 0.108 e. The molecule has 21 heavy (non-hydrogen) atoms. The Morgan fingerprint density at radius 2 is 1.81 bits per heavy atom. The van der Waals surface area contributed by atoms with Crippen molar-refractivity contribution < 1.29 is 5.11 Å². The van der Waals surface area contributed by atoms with Crippen LogP contribution in [-0.4, -0.2) is 36.2 Å². The maximum absolute atomic E-state index is 10.4. The van der Waals surface area contributed by atoms with Gasteiger partial charge in [0.1, 0.15) is 6.23 Å². The number of rotatable bonds is 2. The molecule has 1 aliphatic carbocycles. The summed E-state index contributed by atoms with van der Waals surface area (Å²) < 4.78 is 0. The summed E-state index contributed by atoms with van der Waals surface area (Å²) in [6.45, 7) is 6.73. The second-order valence-corrected chi connectivity index (χ2v) is 7.73. The van der Waals surface area contributed by atoms with Gasteiger partial charge in [0.25, 0.3) is 0 Å². The second-order valence-electron chi connectivity index (χ2n) is 7.73. The van der Waals surface area contributed by atoms with Gasteiger partial charge in [-0.25, -0.2) is 0 Å². The van der Waals surface area contributed by atoms with Gasteiger partial charge >= 0.3 is 0 Å². The molecule has 1 saturated carbocycles. The Bertz CT molecular complexity index is 310. The lowest BCUT2D eigenvalue weighted by Gasteiger charge is -2.33. The van der Waals surface area contributed by atoms with E-state index in [4.69, 9.17) is 7.85 Å². The van der Waals surface area contributed by atoms with Crippen LogP contribution in [0.15, 0.2) is 0 Å². The van der Waals surface area contributed by atoms with Crippen LogP contribution in [-0.2, 0) is 0 Å². The summed E-state index contributed by atoms with van der Waals surface area (Å²) in [7, 11) is 6.46. The highest BCUT2D eigenvalue weighted by atomic mass is 16.3. The number of hydrogen-bond acceptors (Lipinski definition) is 2. The summed E-state index contributed by atoms with van der Waals surface area (Å²) in [6.07, 6.45) is 10.8. The van der Waals surface area contributed by atoms with Crippen LogP contribution in [0.3, 0.4) is 0 Å². The Morgan fingerprint density at radius 3 is 2.48 bits per heavy atom. The molecule has 0 aromatic carbocycles. The van der Waals surface area contributed by atoms with Crippen LogP contribution in [0.4, 0.5) is 0 Å². The topological polar surface area (TPSA) is 23.5 Å². The predicted molar refractivity (Wildman–Crippen MR) is 90.5 cm³/mol. The molecule has 0 amide bonds. The standard InChI is InChI=1S/C18H34BNO/c1-4-14-8-6-5-7-9-17-15(11-16(19)10-14)12-18(21)20(17)13(2)3/h13-18,21H,4-12H2,1-3H3. The molecular formula is C18H34BNO. The van der Waals surface area contributed by atoms with Gasteiger partial charge < -0.3 is 5.11 Å². The Kier molecular flexibility index (Phi) is 6.62. The molecule has 2 fully saturated rings. The first-order valence-electron chi connectivity index (χ1n) is 9.24. The van der Waals surface area contributed by atoms with E-state index in [-0.39, 0.29) is 6.23 Å². The molecule has 1 N–H and O–H groups in total. The average Bonchev–Trinajstić information content (AvgIpc) is 2.70. The molecule has 2 radical (unpaired) electrons. The molecule has 1 aliphatic heterocycles. The molecule has 5 unspecified atom stereocenters. The first-order chi connectivity index (χ1) is 10.0. The molecule has 5 atom stereocenters. The van der Waals surface area contributed by atoms with Crippen LogP contribution in [0, 0.1) is 11.8 Å². The highest BCUT2D eigenvalue weighted by molar-refractivity contribution is 6.11. The molecule has 1 saturated heterocycles. The van der Waals surface area contributed by atoms with E-state index in [2.05, 4.69) is 25.7 Å². The third kappa shape index (κ3) is 4.48. The van der Waals surface area contributed by atoms with Gasteiger partial charge in [-0.2, -0.15) is 0 Å². The van der Waals surface area contributed by atoms with E-state index in [9.17, 15) is 5.11 Å². The molecule has 0 aromatic rings. The fourth-order valence-electron chi connectivity index (χ4n) is 4.74. The number of nitrogens with zero attached hydrogens (tertiary/aromatic N) is 1. The Hall–Kier alpha value is -0.0151. The Morgan fingerprint density at radius 1 is 1.10 bits per heavy atom. The van der Waals surface area contributed by atoms with E-state index >= 15 is 0 Å². The minimum atomic E-state index is -0.253. The minimum absolute atomic E-state index is 0.253. The van der Waals surface area contributed by atoms with Gasteiger partial charge in [0.2, 0.25) is 0 Å². The molecule has 3 heteroatoms. The van der Waals surface area contributed by atoms with Crippen LogP contribution in [0.1, 0.15) is 78.6 Å². The van der Waals surface area contributed by atoms with Gasteiger partial charge in [-0.15, -0.1) is 0 Å². The summed E-state index contributed by atoms with van der Waals surface area (Å²) >= 11 is 0. The summed E-state index contributed by atoms with van der Waals surface area (Å²) in [5, 5.41) is 10.4. The molecule has 0 aromatic heterocycles. The zero-order valence-corrected chi connectivity index (χ0v) is 14.3. The van der Waals surface area contributed by atoms with Crippen molar-refractivity contribution in [3.05, 3.63) is 0 Å². The minimum Gasteiger partial charge on any atom is -0.378 e. The summed E-state index contributed by atoms with van der Waals surface area (Å²) in [5.74, 6) is 1.72. The fraction of sp³-hybridized carbons (Fsp3) is 1.00. The zero-order chi connectivity index (χ0) is 15.4. The summed E-state index contributed by atoms with van der Waals surface area (Å²) in [6, 6.07) is 0.976. The Balaban J connectivity index is 2.07. The molecule has 0 bridgehead atoms. The van der Waals surface area contributed by atoms with Crippen molar-refractivity contribution in [1.29, 1.82) is 0 Å². The van der Waals surface area contributed by atoms with E-state index in [0.29, 0.717) is 23.8 Å². The van der Waals surface area contributed by atoms with Gasteiger partial charge in [-0.1, -0.05) is 57.7 Å². The summed E-state index contributed by atoms with van der Waals surface area (Å²) in [5.41, 5.74) is 0. The van der Waals surface area contributed by atoms with Gasteiger partial charge in [0.05, 0.1) is 7.85 Å². The van der Waals surface area contributed by atoms with Crippen molar-refractivity contribution in [1.82, 2.24) is 4.90 Å². The average molecular weight is 291 g/mol. The third-order valence-corrected chi connectivity index (χ3v) is 5.81.